The molecule has 0 heterocycles. The number of carbonyl (C=O) groups excluding carboxylic acids is 2. The third-order valence-corrected chi connectivity index (χ3v) is 5.30. The maximum Gasteiger partial charge on any atom is 0.329 e. The van der Waals surface area contributed by atoms with Crippen LogP contribution in [-0.4, -0.2) is 38.9 Å². The summed E-state index contributed by atoms with van der Waals surface area (Å²) in [6, 6.07) is 14.1. The van der Waals surface area contributed by atoms with Gasteiger partial charge in [0.25, 0.3) is 0 Å². The molecule has 9 nitrogen and oxygen atoms in total. The van der Waals surface area contributed by atoms with Gasteiger partial charge in [0.2, 0.25) is 0 Å². The molecule has 0 aromatic heterocycles. The predicted octanol–water partition coefficient (Wildman–Crippen LogP) is 4.56. The number of rotatable bonds is 10. The van der Waals surface area contributed by atoms with Gasteiger partial charge >= 0.3 is 11.8 Å². The van der Waals surface area contributed by atoms with Crippen molar-refractivity contribution in [2.24, 2.45) is 5.10 Å². The number of hydrogen-bond acceptors (Lipinski definition) is 7. The Morgan fingerprint density at radius 3 is 2.46 bits per heavy atom. The average molecular weight is 530 g/mol. The molecule has 2 amide bonds. The molecule has 0 fully saturated rings. The zero-order valence-corrected chi connectivity index (χ0v) is 21.1. The lowest BCUT2D eigenvalue weighted by Gasteiger charge is -2.13. The van der Waals surface area contributed by atoms with Crippen LogP contribution in [0.1, 0.15) is 18.1 Å². The molecule has 0 bridgehead atoms. The van der Waals surface area contributed by atoms with Gasteiger partial charge < -0.3 is 24.3 Å². The number of halogens is 2. The topological polar surface area (TPSA) is 107 Å². The minimum absolute atomic E-state index is 0.0950. The fourth-order valence-electron chi connectivity index (χ4n) is 3.12. The molecule has 0 saturated carbocycles. The highest BCUT2D eigenvalue weighted by Crippen LogP contribution is 2.31. The monoisotopic (exact) mass is 529 g/mol. The Kier molecular flexibility index (Phi) is 9.68. The van der Waals surface area contributed by atoms with E-state index in [1.54, 1.807) is 43.3 Å². The van der Waals surface area contributed by atoms with Crippen LogP contribution < -0.4 is 29.7 Å². The van der Waals surface area contributed by atoms with Crippen LogP contribution in [0.15, 0.2) is 59.7 Å². The summed E-state index contributed by atoms with van der Waals surface area (Å²) < 4.78 is 35.7. The van der Waals surface area contributed by atoms with Crippen LogP contribution in [0.3, 0.4) is 0 Å². The molecule has 0 spiro atoms. The van der Waals surface area contributed by atoms with Crippen molar-refractivity contribution in [2.75, 3.05) is 26.1 Å². The van der Waals surface area contributed by atoms with Crippen LogP contribution in [-0.2, 0) is 16.2 Å². The van der Waals surface area contributed by atoms with Gasteiger partial charge in [-0.05, 0) is 55.0 Å². The largest absolute Gasteiger partial charge is 0.497 e. The van der Waals surface area contributed by atoms with Gasteiger partial charge in [-0.2, -0.15) is 5.10 Å². The molecule has 3 aromatic carbocycles. The van der Waals surface area contributed by atoms with E-state index in [0.717, 1.165) is 0 Å². The third-order valence-electron chi connectivity index (χ3n) is 4.94. The van der Waals surface area contributed by atoms with E-state index in [9.17, 15) is 14.0 Å². The van der Waals surface area contributed by atoms with Crippen molar-refractivity contribution in [3.63, 3.8) is 0 Å². The van der Waals surface area contributed by atoms with Crippen molar-refractivity contribution < 1.29 is 32.9 Å². The lowest BCUT2D eigenvalue weighted by atomic mass is 10.2. The van der Waals surface area contributed by atoms with E-state index in [1.807, 2.05) is 0 Å². The van der Waals surface area contributed by atoms with Crippen molar-refractivity contribution >= 4 is 35.3 Å². The maximum absolute atomic E-state index is 14.0. The molecule has 0 aliphatic rings. The molecular weight excluding hydrogens is 505 g/mol. The fraction of sp³-hybridized carbons (Fsp3) is 0.192. The smallest absolute Gasteiger partial charge is 0.329 e. The van der Waals surface area contributed by atoms with Gasteiger partial charge in [-0.1, -0.05) is 17.7 Å². The number of nitrogens with zero attached hydrogens (tertiary/aromatic N) is 1. The van der Waals surface area contributed by atoms with Crippen LogP contribution in [0.4, 0.5) is 10.1 Å². The Morgan fingerprint density at radius 2 is 1.76 bits per heavy atom. The van der Waals surface area contributed by atoms with Gasteiger partial charge in [-0.3, -0.25) is 9.59 Å². The molecule has 0 saturated heterocycles. The van der Waals surface area contributed by atoms with E-state index in [-0.39, 0.29) is 22.9 Å². The quantitative estimate of drug-likeness (QED) is 0.226. The van der Waals surface area contributed by atoms with E-state index in [2.05, 4.69) is 15.8 Å². The van der Waals surface area contributed by atoms with E-state index in [0.29, 0.717) is 35.2 Å². The zero-order valence-electron chi connectivity index (χ0n) is 20.3. The van der Waals surface area contributed by atoms with Gasteiger partial charge in [0, 0.05) is 11.6 Å². The van der Waals surface area contributed by atoms with Crippen LogP contribution in [0, 0.1) is 5.82 Å². The molecule has 3 aromatic rings. The number of hydrazone groups is 1. The van der Waals surface area contributed by atoms with Crippen molar-refractivity contribution in [1.29, 1.82) is 0 Å². The number of carbonyl (C=O) groups is 2. The summed E-state index contributed by atoms with van der Waals surface area (Å²) in [5, 5.41) is 6.53. The summed E-state index contributed by atoms with van der Waals surface area (Å²) in [5.74, 6) is -0.833. The zero-order chi connectivity index (χ0) is 26.8. The Morgan fingerprint density at radius 1 is 0.973 bits per heavy atom. The molecule has 0 aliphatic heterocycles. The van der Waals surface area contributed by atoms with Gasteiger partial charge in [-0.15, -0.1) is 0 Å². The lowest BCUT2D eigenvalue weighted by Crippen LogP contribution is -2.32. The van der Waals surface area contributed by atoms with Gasteiger partial charge in [0.1, 0.15) is 23.9 Å². The summed E-state index contributed by atoms with van der Waals surface area (Å²) in [4.78, 5) is 24.5. The molecule has 3 rings (SSSR count). The standard InChI is InChI=1S/C26H25ClFN3O6/c1-4-36-24-12-16(8-10-23(24)37-15-18-19(27)6-5-7-20(18)28)14-29-31-26(33)25(32)30-21-13-17(34-2)9-11-22(21)35-3/h5-14H,4,15H2,1-3H3,(H,30,32)(H,31,33)/b29-14+. The van der Waals surface area contributed by atoms with Crippen LogP contribution in [0.25, 0.3) is 0 Å². The first-order valence-corrected chi connectivity index (χ1v) is 11.4. The summed E-state index contributed by atoms with van der Waals surface area (Å²) in [6.45, 7) is 2.05. The first-order chi connectivity index (χ1) is 17.9. The normalized spacial score (nSPS) is 10.6. The second-order valence-electron chi connectivity index (χ2n) is 7.35. The Labute approximate surface area is 218 Å². The number of benzene rings is 3. The van der Waals surface area contributed by atoms with Crippen LogP contribution >= 0.6 is 11.6 Å². The molecule has 0 aliphatic carbocycles. The van der Waals surface area contributed by atoms with Gasteiger partial charge in [-0.25, -0.2) is 9.82 Å². The van der Waals surface area contributed by atoms with Crippen molar-refractivity contribution in [3.8, 4) is 23.0 Å². The number of ether oxygens (including phenoxy) is 4. The van der Waals surface area contributed by atoms with E-state index >= 15 is 0 Å². The van der Waals surface area contributed by atoms with Gasteiger partial charge in [0.05, 0.1) is 37.8 Å². The first kappa shape index (κ1) is 27.3. The molecular formula is C26H25ClFN3O6. The number of anilines is 1. The number of hydrogen-bond donors (Lipinski definition) is 2. The van der Waals surface area contributed by atoms with E-state index in [1.165, 1.54) is 38.6 Å². The predicted molar refractivity (Wildman–Crippen MR) is 137 cm³/mol. The SMILES string of the molecule is CCOc1cc(/C=N/NC(=O)C(=O)Nc2cc(OC)ccc2OC)ccc1OCc1c(F)cccc1Cl. The minimum atomic E-state index is -0.993. The Bertz CT molecular complexity index is 1280. The second-order valence-corrected chi connectivity index (χ2v) is 7.75. The third kappa shape index (κ3) is 7.34. The maximum atomic E-state index is 14.0. The fourth-order valence-corrected chi connectivity index (χ4v) is 3.34. The lowest BCUT2D eigenvalue weighted by molar-refractivity contribution is -0.136. The molecule has 0 radical (unpaired) electrons. The van der Waals surface area contributed by atoms with Crippen molar-refractivity contribution in [3.05, 3.63) is 76.6 Å². The molecule has 37 heavy (non-hydrogen) atoms. The van der Waals surface area contributed by atoms with Crippen molar-refractivity contribution in [1.82, 2.24) is 5.43 Å². The van der Waals surface area contributed by atoms with Crippen LogP contribution in [0.2, 0.25) is 5.02 Å². The minimum Gasteiger partial charge on any atom is -0.497 e. The summed E-state index contributed by atoms with van der Waals surface area (Å²) in [5.41, 5.74) is 3.20. The average Bonchev–Trinajstić information content (AvgIpc) is 2.89. The van der Waals surface area contributed by atoms with Crippen LogP contribution in [0.5, 0.6) is 23.0 Å². The Balaban J connectivity index is 1.64. The second kappa shape index (κ2) is 13.1. The molecule has 0 atom stereocenters. The highest BCUT2D eigenvalue weighted by atomic mass is 35.5. The highest BCUT2D eigenvalue weighted by Gasteiger charge is 2.16. The summed E-state index contributed by atoms with van der Waals surface area (Å²) >= 11 is 6.06. The summed E-state index contributed by atoms with van der Waals surface area (Å²) in [7, 11) is 2.91. The van der Waals surface area contributed by atoms with Gasteiger partial charge in [0.15, 0.2) is 11.5 Å². The highest BCUT2D eigenvalue weighted by molar-refractivity contribution is 6.39. The first-order valence-electron chi connectivity index (χ1n) is 11.0. The van der Waals surface area contributed by atoms with Crippen molar-refractivity contribution in [2.45, 2.75) is 13.5 Å². The van der Waals surface area contributed by atoms with E-state index < -0.39 is 17.6 Å². The molecule has 0 unspecified atom stereocenters. The number of amides is 2. The number of methoxy groups -OCH3 is 2. The number of nitrogens with one attached hydrogen (secondary N) is 2. The Hall–Kier alpha value is -4.31. The van der Waals surface area contributed by atoms with E-state index in [4.69, 9.17) is 30.5 Å². The molecule has 194 valence electrons. The molecule has 2 N–H and O–H groups in total. The summed E-state index contributed by atoms with van der Waals surface area (Å²) in [6.07, 6.45) is 1.33. The molecule has 11 heteroatoms.